The third-order valence-electron chi connectivity index (χ3n) is 2.73. The molecule has 0 bridgehead atoms. The number of carbonyl (C=O) groups excluding carboxylic acids is 1. The number of nitrogens with zero attached hydrogens (tertiary/aromatic N) is 3. The molecule has 2 amide bonds. The van der Waals surface area contributed by atoms with Gasteiger partial charge in [-0.2, -0.15) is 4.99 Å². The topological polar surface area (TPSA) is 112 Å². The summed E-state index contributed by atoms with van der Waals surface area (Å²) in [6.45, 7) is 0. The van der Waals surface area contributed by atoms with E-state index in [1.807, 2.05) is 4.72 Å². The van der Waals surface area contributed by atoms with E-state index in [-0.39, 0.29) is 15.9 Å². The van der Waals surface area contributed by atoms with Crippen LogP contribution in [0.25, 0.3) is 0 Å². The van der Waals surface area contributed by atoms with Gasteiger partial charge in [0.25, 0.3) is 10.0 Å². The number of guanidine groups is 1. The number of methoxy groups -OCH3 is 1. The van der Waals surface area contributed by atoms with Crippen LogP contribution in [0.5, 0.6) is 0 Å². The number of ether oxygens (including phenoxy) is 1. The molecule has 2 rings (SSSR count). The van der Waals surface area contributed by atoms with Gasteiger partial charge in [-0.05, 0) is 12.1 Å². The summed E-state index contributed by atoms with van der Waals surface area (Å²) in [6, 6.07) is 4.74. The highest BCUT2D eigenvalue weighted by atomic mass is 35.5. The van der Waals surface area contributed by atoms with E-state index in [0.29, 0.717) is 0 Å². The number of urea groups is 1. The van der Waals surface area contributed by atoms with Crippen molar-refractivity contribution >= 4 is 40.0 Å². The maximum atomic E-state index is 12.1. The van der Waals surface area contributed by atoms with E-state index in [1.165, 1.54) is 31.6 Å². The van der Waals surface area contributed by atoms with Gasteiger partial charge < -0.3 is 9.64 Å². The van der Waals surface area contributed by atoms with Gasteiger partial charge in [-0.15, -0.1) is 0 Å². The van der Waals surface area contributed by atoms with Gasteiger partial charge in [-0.1, -0.05) is 23.7 Å². The number of nitrogens with one attached hydrogen (secondary N) is 2. The van der Waals surface area contributed by atoms with E-state index in [2.05, 4.69) is 15.3 Å². The van der Waals surface area contributed by atoms with Gasteiger partial charge in [0.1, 0.15) is 4.90 Å². The van der Waals surface area contributed by atoms with Crippen LogP contribution in [0.15, 0.2) is 39.1 Å². The van der Waals surface area contributed by atoms with Gasteiger partial charge >= 0.3 is 6.03 Å². The van der Waals surface area contributed by atoms with Crippen molar-refractivity contribution in [3.63, 3.8) is 0 Å². The van der Waals surface area contributed by atoms with Gasteiger partial charge in [0.2, 0.25) is 12.3 Å². The number of hydrogen-bond acceptors (Lipinski definition) is 7. The van der Waals surface area contributed by atoms with Crippen molar-refractivity contribution in [2.75, 3.05) is 14.2 Å². The minimum absolute atomic E-state index is 0.00176. The maximum Gasteiger partial charge on any atom is 0.335 e. The van der Waals surface area contributed by atoms with Crippen LogP contribution < -0.4 is 10.0 Å². The van der Waals surface area contributed by atoms with Gasteiger partial charge in [0, 0.05) is 14.2 Å². The molecule has 1 aliphatic heterocycles. The van der Waals surface area contributed by atoms with Crippen molar-refractivity contribution in [3.8, 4) is 0 Å². The van der Waals surface area contributed by atoms with E-state index < -0.39 is 22.4 Å². The van der Waals surface area contributed by atoms with Crippen LogP contribution in [0.4, 0.5) is 4.79 Å². The Morgan fingerprint density at radius 1 is 1.39 bits per heavy atom. The summed E-state index contributed by atoms with van der Waals surface area (Å²) in [5.74, 6) is -0.0817. The molecule has 1 atom stereocenters. The summed E-state index contributed by atoms with van der Waals surface area (Å²) in [4.78, 5) is 21.0. The van der Waals surface area contributed by atoms with Crippen LogP contribution in [-0.4, -0.2) is 52.2 Å². The molecule has 0 aromatic heterocycles. The molecular formula is C12H14ClN5O4S. The van der Waals surface area contributed by atoms with Crippen molar-refractivity contribution < 1.29 is 17.9 Å². The largest absolute Gasteiger partial charge is 0.342 e. The highest BCUT2D eigenvalue weighted by Gasteiger charge is 2.22. The van der Waals surface area contributed by atoms with E-state index in [4.69, 9.17) is 16.3 Å². The second-order valence-electron chi connectivity index (χ2n) is 4.41. The van der Waals surface area contributed by atoms with Crippen LogP contribution in [-0.2, 0) is 14.8 Å². The van der Waals surface area contributed by atoms with Gasteiger partial charge in [0.05, 0.1) is 11.4 Å². The molecule has 23 heavy (non-hydrogen) atoms. The van der Waals surface area contributed by atoms with Crippen LogP contribution in [0.3, 0.4) is 0 Å². The molecule has 0 fully saturated rings. The first-order valence-electron chi connectivity index (χ1n) is 6.28. The second kappa shape index (κ2) is 6.94. The van der Waals surface area contributed by atoms with Crippen LogP contribution in [0.1, 0.15) is 0 Å². The fraction of sp³-hybridized carbons (Fsp3) is 0.250. The number of benzene rings is 1. The second-order valence-corrected chi connectivity index (χ2v) is 6.47. The first kappa shape index (κ1) is 17.2. The molecule has 0 spiro atoms. The smallest absolute Gasteiger partial charge is 0.335 e. The Morgan fingerprint density at radius 3 is 2.74 bits per heavy atom. The number of halogens is 1. The summed E-state index contributed by atoms with van der Waals surface area (Å²) in [5.41, 5.74) is 0. The van der Waals surface area contributed by atoms with E-state index in [0.717, 1.165) is 0 Å². The third kappa shape index (κ3) is 4.18. The van der Waals surface area contributed by atoms with Gasteiger partial charge in [0.15, 0.2) is 0 Å². The highest BCUT2D eigenvalue weighted by molar-refractivity contribution is 7.90. The summed E-state index contributed by atoms with van der Waals surface area (Å²) >= 11 is 5.82. The monoisotopic (exact) mass is 359 g/mol. The summed E-state index contributed by atoms with van der Waals surface area (Å²) in [6.07, 6.45) is 0.724. The highest BCUT2D eigenvalue weighted by Crippen LogP contribution is 2.19. The zero-order chi connectivity index (χ0) is 17.0. The Morgan fingerprint density at radius 2 is 2.09 bits per heavy atom. The standard InChI is InChI=1S/C12H14ClN5O4S/c1-18-7-14-10(16-12(18)22-2)15-11(19)17-23(20,21)9-6-4-3-5-8(9)13/h3-7,12H,1-2H3,(H2,15,16,17,19). The van der Waals surface area contributed by atoms with Crippen molar-refractivity contribution in [3.05, 3.63) is 29.3 Å². The average molecular weight is 360 g/mol. The predicted molar refractivity (Wildman–Crippen MR) is 84.8 cm³/mol. The Bertz CT molecular complexity index is 764. The summed E-state index contributed by atoms with van der Waals surface area (Å²) in [5, 5.41) is 2.22. The minimum atomic E-state index is -4.11. The molecule has 0 radical (unpaired) electrons. The number of rotatable bonds is 3. The lowest BCUT2D eigenvalue weighted by Gasteiger charge is -2.24. The molecular weight excluding hydrogens is 346 g/mol. The fourth-order valence-electron chi connectivity index (χ4n) is 1.68. The van der Waals surface area contributed by atoms with Crippen LogP contribution in [0, 0.1) is 0 Å². The molecule has 0 saturated heterocycles. The predicted octanol–water partition coefficient (Wildman–Crippen LogP) is 0.588. The van der Waals surface area contributed by atoms with E-state index in [9.17, 15) is 13.2 Å². The van der Waals surface area contributed by atoms with Crippen LogP contribution in [0.2, 0.25) is 5.02 Å². The zero-order valence-electron chi connectivity index (χ0n) is 12.2. The Labute approximate surface area is 138 Å². The number of sulfonamides is 1. The molecule has 0 saturated carbocycles. The van der Waals surface area contributed by atoms with Gasteiger partial charge in [-0.3, -0.25) is 5.32 Å². The zero-order valence-corrected chi connectivity index (χ0v) is 13.8. The van der Waals surface area contributed by atoms with E-state index >= 15 is 0 Å². The number of hydrogen-bond donors (Lipinski definition) is 2. The first-order valence-corrected chi connectivity index (χ1v) is 8.14. The summed E-state index contributed by atoms with van der Waals surface area (Å²) < 4.78 is 31.1. The lowest BCUT2D eigenvalue weighted by Crippen LogP contribution is -2.45. The molecule has 1 heterocycles. The average Bonchev–Trinajstić information content (AvgIpc) is 2.48. The van der Waals surface area contributed by atoms with Gasteiger partial charge in [-0.25, -0.2) is 22.9 Å². The lowest BCUT2D eigenvalue weighted by atomic mass is 10.4. The number of amides is 2. The quantitative estimate of drug-likeness (QED) is 0.820. The SMILES string of the molecule is COC1N=C(NC(=O)NS(=O)(=O)c2ccccc2Cl)N=CN1C. The van der Waals surface area contributed by atoms with E-state index in [1.54, 1.807) is 18.0 Å². The molecule has 1 aliphatic rings. The molecule has 2 N–H and O–H groups in total. The Hall–Kier alpha value is -2.17. The molecule has 124 valence electrons. The van der Waals surface area contributed by atoms with Crippen LogP contribution >= 0.6 is 11.6 Å². The molecule has 1 aromatic rings. The van der Waals surface area contributed by atoms with Crippen molar-refractivity contribution in [2.45, 2.75) is 11.2 Å². The molecule has 9 nitrogen and oxygen atoms in total. The van der Waals surface area contributed by atoms with Crippen molar-refractivity contribution in [2.24, 2.45) is 9.98 Å². The number of aliphatic imine (C=N–C) groups is 2. The molecule has 0 aliphatic carbocycles. The fourth-order valence-corrected chi connectivity index (χ4v) is 3.11. The van der Waals surface area contributed by atoms with Crippen molar-refractivity contribution in [1.82, 2.24) is 14.9 Å². The Balaban J connectivity index is 2.08. The normalized spacial score (nSPS) is 17.6. The van der Waals surface area contributed by atoms with Crippen molar-refractivity contribution in [1.29, 1.82) is 0 Å². The molecule has 11 heteroatoms. The molecule has 1 unspecified atom stereocenters. The maximum absolute atomic E-state index is 12.1. The molecule has 1 aromatic carbocycles. The Kier molecular flexibility index (Phi) is 5.19. The third-order valence-corrected chi connectivity index (χ3v) is 4.56. The number of carbonyl (C=O) groups is 1. The summed E-state index contributed by atoms with van der Waals surface area (Å²) in [7, 11) is -0.999. The lowest BCUT2D eigenvalue weighted by molar-refractivity contribution is 0.0279. The first-order chi connectivity index (χ1) is 10.8. The minimum Gasteiger partial charge on any atom is -0.342 e.